The van der Waals surface area contributed by atoms with Gasteiger partial charge in [0.25, 0.3) is 5.91 Å². The average Bonchev–Trinajstić information content (AvgIpc) is 3.24. The highest BCUT2D eigenvalue weighted by Gasteiger charge is 2.20. The molecule has 11 heteroatoms. The lowest BCUT2D eigenvalue weighted by atomic mass is 10.2. The Kier molecular flexibility index (Phi) is 7.52. The number of sulfonamides is 1. The van der Waals surface area contributed by atoms with E-state index in [-0.39, 0.29) is 18.3 Å². The number of carbonyl (C=O) groups is 1. The van der Waals surface area contributed by atoms with Gasteiger partial charge >= 0.3 is 0 Å². The summed E-state index contributed by atoms with van der Waals surface area (Å²) in [5, 5.41) is 6.68. The summed E-state index contributed by atoms with van der Waals surface area (Å²) in [6.07, 6.45) is 0.824. The van der Waals surface area contributed by atoms with Gasteiger partial charge in [-0.2, -0.15) is 4.98 Å². The van der Waals surface area contributed by atoms with Crippen molar-refractivity contribution in [2.45, 2.75) is 26.0 Å². The van der Waals surface area contributed by atoms with Crippen LogP contribution in [-0.2, 0) is 21.4 Å². The number of hydrogen-bond donors (Lipinski definition) is 1. The number of halogens is 1. The number of nitrogens with zero attached hydrogens (tertiary/aromatic N) is 3. The van der Waals surface area contributed by atoms with E-state index in [9.17, 15) is 13.2 Å². The number of nitrogens with one attached hydrogen (secondary N) is 1. The third kappa shape index (κ3) is 6.07. The van der Waals surface area contributed by atoms with Crippen LogP contribution in [0.5, 0.6) is 5.75 Å². The number of carbonyl (C=O) groups excluding carboxylic acids is 1. The van der Waals surface area contributed by atoms with E-state index in [0.29, 0.717) is 23.7 Å². The van der Waals surface area contributed by atoms with Crippen LogP contribution in [0.3, 0.4) is 0 Å². The molecule has 1 amide bonds. The fourth-order valence-corrected chi connectivity index (χ4v) is 3.66. The first-order chi connectivity index (χ1) is 15.2. The van der Waals surface area contributed by atoms with Crippen molar-refractivity contribution in [3.8, 4) is 17.1 Å². The van der Waals surface area contributed by atoms with Crippen molar-refractivity contribution in [1.29, 1.82) is 0 Å². The van der Waals surface area contributed by atoms with E-state index in [4.69, 9.17) is 9.26 Å². The van der Waals surface area contributed by atoms with Crippen LogP contribution in [0, 0.1) is 0 Å². The van der Waals surface area contributed by atoms with Crippen molar-refractivity contribution in [2.75, 3.05) is 17.6 Å². The number of benzene rings is 2. The van der Waals surface area contributed by atoms with Crippen molar-refractivity contribution < 1.29 is 22.5 Å². The number of amides is 1. The summed E-state index contributed by atoms with van der Waals surface area (Å²) in [6, 6.07) is 14.0. The van der Waals surface area contributed by atoms with Crippen molar-refractivity contribution >= 4 is 37.5 Å². The van der Waals surface area contributed by atoms with E-state index < -0.39 is 16.1 Å². The van der Waals surface area contributed by atoms with Crippen molar-refractivity contribution in [1.82, 2.24) is 15.5 Å². The minimum Gasteiger partial charge on any atom is -0.481 e. The van der Waals surface area contributed by atoms with E-state index in [1.54, 1.807) is 24.3 Å². The predicted octanol–water partition coefficient (Wildman–Crippen LogP) is 3.37. The quantitative estimate of drug-likeness (QED) is 0.458. The largest absolute Gasteiger partial charge is 0.481 e. The zero-order valence-electron chi connectivity index (χ0n) is 17.8. The maximum atomic E-state index is 12.6. The number of aromatic nitrogens is 2. The van der Waals surface area contributed by atoms with Gasteiger partial charge in [0.05, 0.1) is 18.5 Å². The van der Waals surface area contributed by atoms with Gasteiger partial charge in [-0.15, -0.1) is 0 Å². The lowest BCUT2D eigenvalue weighted by Crippen LogP contribution is -2.37. The second-order valence-corrected chi connectivity index (χ2v) is 9.91. The smallest absolute Gasteiger partial charge is 0.261 e. The first kappa shape index (κ1) is 23.7. The molecule has 0 aliphatic heterocycles. The molecule has 1 aromatic heterocycles. The fraction of sp³-hybridized carbons (Fsp3) is 0.286. The highest BCUT2D eigenvalue weighted by Crippen LogP contribution is 2.22. The molecule has 0 fully saturated rings. The van der Waals surface area contributed by atoms with Crippen molar-refractivity contribution in [2.24, 2.45) is 0 Å². The Labute approximate surface area is 194 Å². The molecule has 1 N–H and O–H groups in total. The van der Waals surface area contributed by atoms with Gasteiger partial charge in [0.2, 0.25) is 21.7 Å². The van der Waals surface area contributed by atoms with Crippen LogP contribution in [0.15, 0.2) is 57.5 Å². The van der Waals surface area contributed by atoms with E-state index in [1.165, 1.54) is 7.05 Å². The standard InChI is InChI=1S/C21H23BrN4O5S/c1-4-18(30-17-10-8-16(9-11-17)26(2)32(3,28)29)21(27)23-13-19-24-20(25-31-19)14-6-5-7-15(22)12-14/h5-12,18H,4,13H2,1-3H3,(H,23,27). The average molecular weight is 523 g/mol. The van der Waals surface area contributed by atoms with Gasteiger partial charge in [-0.05, 0) is 42.8 Å². The molecule has 0 aliphatic carbocycles. The topological polar surface area (TPSA) is 115 Å². The summed E-state index contributed by atoms with van der Waals surface area (Å²) in [4.78, 5) is 16.9. The zero-order chi connectivity index (χ0) is 23.3. The molecule has 1 unspecified atom stereocenters. The summed E-state index contributed by atoms with van der Waals surface area (Å²) < 4.78 is 36.3. The summed E-state index contributed by atoms with van der Waals surface area (Å²) in [5.41, 5.74) is 1.29. The molecule has 3 aromatic rings. The molecule has 0 aliphatic rings. The van der Waals surface area contributed by atoms with Crippen LogP contribution in [0.4, 0.5) is 5.69 Å². The van der Waals surface area contributed by atoms with Crippen LogP contribution >= 0.6 is 15.9 Å². The van der Waals surface area contributed by atoms with Crippen LogP contribution < -0.4 is 14.4 Å². The van der Waals surface area contributed by atoms with Crippen LogP contribution in [0.25, 0.3) is 11.4 Å². The van der Waals surface area contributed by atoms with E-state index in [1.807, 2.05) is 31.2 Å². The Bertz CT molecular complexity index is 1180. The molecule has 1 heterocycles. The van der Waals surface area contributed by atoms with E-state index in [0.717, 1.165) is 20.6 Å². The zero-order valence-corrected chi connectivity index (χ0v) is 20.2. The van der Waals surface area contributed by atoms with E-state index >= 15 is 0 Å². The molecule has 9 nitrogen and oxygen atoms in total. The molecular formula is C21H23BrN4O5S. The number of rotatable bonds is 9. The Hall–Kier alpha value is -2.92. The van der Waals surface area contributed by atoms with Gasteiger partial charge in [-0.3, -0.25) is 9.10 Å². The molecule has 2 aromatic carbocycles. The van der Waals surface area contributed by atoms with Gasteiger partial charge in [-0.25, -0.2) is 8.42 Å². The molecule has 32 heavy (non-hydrogen) atoms. The SMILES string of the molecule is CCC(Oc1ccc(N(C)S(C)(=O)=O)cc1)C(=O)NCc1nc(-c2cccc(Br)c2)no1. The fourth-order valence-electron chi connectivity index (χ4n) is 2.76. The molecule has 170 valence electrons. The summed E-state index contributed by atoms with van der Waals surface area (Å²) in [5.74, 6) is 0.828. The molecule has 0 radical (unpaired) electrons. The number of ether oxygens (including phenoxy) is 1. The summed E-state index contributed by atoms with van der Waals surface area (Å²) >= 11 is 3.40. The Morgan fingerprint density at radius 1 is 1.25 bits per heavy atom. The Morgan fingerprint density at radius 3 is 2.59 bits per heavy atom. The molecule has 0 saturated heterocycles. The summed E-state index contributed by atoms with van der Waals surface area (Å²) in [6.45, 7) is 1.89. The normalized spacial score (nSPS) is 12.2. The number of hydrogen-bond acceptors (Lipinski definition) is 7. The molecule has 0 saturated carbocycles. The summed E-state index contributed by atoms with van der Waals surface area (Å²) in [7, 11) is -1.89. The second kappa shape index (κ2) is 10.1. The molecule has 0 spiro atoms. The van der Waals surface area contributed by atoms with Gasteiger partial charge in [0.15, 0.2) is 6.10 Å². The van der Waals surface area contributed by atoms with Crippen LogP contribution in [-0.4, -0.2) is 43.9 Å². The van der Waals surface area contributed by atoms with Gasteiger partial charge < -0.3 is 14.6 Å². The first-order valence-corrected chi connectivity index (χ1v) is 12.4. The highest BCUT2D eigenvalue weighted by molar-refractivity contribution is 9.10. The third-order valence-electron chi connectivity index (χ3n) is 4.60. The van der Waals surface area contributed by atoms with Crippen molar-refractivity contribution in [3.05, 3.63) is 58.9 Å². The van der Waals surface area contributed by atoms with Gasteiger partial charge in [0.1, 0.15) is 5.75 Å². The predicted molar refractivity (Wildman–Crippen MR) is 124 cm³/mol. The lowest BCUT2D eigenvalue weighted by Gasteiger charge is -2.19. The van der Waals surface area contributed by atoms with Crippen molar-refractivity contribution in [3.63, 3.8) is 0 Å². The van der Waals surface area contributed by atoms with Crippen LogP contribution in [0.2, 0.25) is 0 Å². The first-order valence-electron chi connectivity index (χ1n) is 9.74. The van der Waals surface area contributed by atoms with Crippen LogP contribution in [0.1, 0.15) is 19.2 Å². The third-order valence-corrected chi connectivity index (χ3v) is 6.30. The number of anilines is 1. The molecule has 1 atom stereocenters. The monoisotopic (exact) mass is 522 g/mol. The minimum absolute atomic E-state index is 0.0673. The molecule has 3 rings (SSSR count). The lowest BCUT2D eigenvalue weighted by molar-refractivity contribution is -0.128. The van der Waals surface area contributed by atoms with E-state index in [2.05, 4.69) is 31.4 Å². The van der Waals surface area contributed by atoms with Gasteiger partial charge in [-0.1, -0.05) is 40.1 Å². The maximum Gasteiger partial charge on any atom is 0.261 e. The second-order valence-electron chi connectivity index (χ2n) is 6.98. The molecule has 0 bridgehead atoms. The highest BCUT2D eigenvalue weighted by atomic mass is 79.9. The Balaban J connectivity index is 1.58. The minimum atomic E-state index is -3.36. The Morgan fingerprint density at radius 2 is 1.97 bits per heavy atom. The van der Waals surface area contributed by atoms with Gasteiger partial charge in [0, 0.05) is 17.1 Å². The molecular weight excluding hydrogens is 500 g/mol. The maximum absolute atomic E-state index is 12.6.